The molecular weight excluding hydrogens is 629 g/mol. The molecule has 0 saturated heterocycles. The summed E-state index contributed by atoms with van der Waals surface area (Å²) in [4.78, 5) is 5.55. The van der Waals surface area contributed by atoms with Crippen molar-refractivity contribution in [1.29, 1.82) is 0 Å². The van der Waals surface area contributed by atoms with Gasteiger partial charge in [0.05, 0.1) is 0 Å². The standard InChI is InChI=1S/C44H52GeN2/c1-30(2)38-23-17-24-39(31(3)4)43(38)46-34(9)42(29-37-21-15-12-16-22-37)35(10)47(45-28-27-36-19-13-11-14-20-36)44-40(32(5)6)25-18-26-41(44)33(7)8/h11-26,30-33H,29H2,1-10H3/b42-35-,46-34?. The first-order chi connectivity index (χ1) is 22.5. The van der Waals surface area contributed by atoms with Crippen LogP contribution in [-0.2, 0) is 6.42 Å². The summed E-state index contributed by atoms with van der Waals surface area (Å²) >= 11 is -0.921. The number of allylic oxidation sites excluding steroid dienone is 2. The molecule has 4 rings (SSSR count). The van der Waals surface area contributed by atoms with Gasteiger partial charge in [0.15, 0.2) is 0 Å². The molecule has 0 atom stereocenters. The van der Waals surface area contributed by atoms with Gasteiger partial charge in [0.2, 0.25) is 0 Å². The third kappa shape index (κ3) is 9.17. The zero-order valence-electron chi connectivity index (χ0n) is 30.1. The van der Waals surface area contributed by atoms with Crippen molar-refractivity contribution in [3.8, 4) is 10.7 Å². The topological polar surface area (TPSA) is 15.6 Å². The molecule has 0 unspecified atom stereocenters. The number of hydrogen-bond acceptors (Lipinski definition) is 2. The molecule has 0 heterocycles. The second-order valence-electron chi connectivity index (χ2n) is 13.7. The molecule has 0 aliphatic carbocycles. The molecule has 0 aliphatic heterocycles. The van der Waals surface area contributed by atoms with Crippen molar-refractivity contribution >= 4 is 32.7 Å². The molecule has 0 aliphatic rings. The number of aliphatic imine (C=N–C) groups is 1. The van der Waals surface area contributed by atoms with Crippen LogP contribution in [-0.4, -0.2) is 21.4 Å². The van der Waals surface area contributed by atoms with Gasteiger partial charge in [-0.15, -0.1) is 0 Å². The van der Waals surface area contributed by atoms with Crippen LogP contribution in [0.1, 0.15) is 126 Å². The van der Waals surface area contributed by atoms with Crippen molar-refractivity contribution in [3.63, 3.8) is 0 Å². The Kier molecular flexibility index (Phi) is 12.9. The number of benzene rings is 4. The fourth-order valence-electron chi connectivity index (χ4n) is 6.08. The first kappa shape index (κ1) is 36.0. The van der Waals surface area contributed by atoms with Crippen molar-refractivity contribution in [2.45, 2.75) is 99.3 Å². The molecule has 0 bridgehead atoms. The van der Waals surface area contributed by atoms with Crippen LogP contribution in [0.3, 0.4) is 0 Å². The second-order valence-corrected chi connectivity index (χ2v) is 15.6. The van der Waals surface area contributed by atoms with Gasteiger partial charge in [-0.3, -0.25) is 0 Å². The van der Waals surface area contributed by atoms with E-state index in [-0.39, 0.29) is 0 Å². The molecule has 3 heteroatoms. The Morgan fingerprint density at radius 1 is 0.617 bits per heavy atom. The van der Waals surface area contributed by atoms with E-state index in [9.17, 15) is 0 Å². The summed E-state index contributed by atoms with van der Waals surface area (Å²) in [6.45, 7) is 22.9. The summed E-state index contributed by atoms with van der Waals surface area (Å²) in [7, 11) is 0. The number of para-hydroxylation sites is 2. The van der Waals surface area contributed by atoms with E-state index >= 15 is 0 Å². The van der Waals surface area contributed by atoms with E-state index in [1.54, 1.807) is 0 Å². The first-order valence-electron chi connectivity index (χ1n) is 17.2. The van der Waals surface area contributed by atoms with Crippen molar-refractivity contribution < 1.29 is 0 Å². The van der Waals surface area contributed by atoms with Crippen LogP contribution < -0.4 is 3.86 Å². The van der Waals surface area contributed by atoms with E-state index in [4.69, 9.17) is 4.99 Å². The summed E-state index contributed by atoms with van der Waals surface area (Å²) in [5.74, 6) is 5.03. The fourth-order valence-corrected chi connectivity index (χ4v) is 8.15. The predicted molar refractivity (Wildman–Crippen MR) is 206 cm³/mol. The maximum absolute atomic E-state index is 5.55. The van der Waals surface area contributed by atoms with Gasteiger partial charge in [-0.2, -0.15) is 0 Å². The summed E-state index contributed by atoms with van der Waals surface area (Å²) in [5, 5.41) is 0. The maximum atomic E-state index is 5.55. The average molecular weight is 682 g/mol. The zero-order valence-corrected chi connectivity index (χ0v) is 32.2. The monoisotopic (exact) mass is 682 g/mol. The first-order valence-corrected chi connectivity index (χ1v) is 19.1. The number of anilines is 1. The molecule has 2 radical (unpaired) electrons. The summed E-state index contributed by atoms with van der Waals surface area (Å²) in [5.41, 5.74) is 13.8. The van der Waals surface area contributed by atoms with Gasteiger partial charge in [0, 0.05) is 0 Å². The number of rotatable bonds is 11. The quantitative estimate of drug-likeness (QED) is 0.0874. The molecule has 0 spiro atoms. The van der Waals surface area contributed by atoms with Crippen LogP contribution in [0.5, 0.6) is 0 Å². The van der Waals surface area contributed by atoms with Crippen LogP contribution in [0.2, 0.25) is 0 Å². The molecule has 0 aromatic heterocycles. The van der Waals surface area contributed by atoms with Gasteiger partial charge < -0.3 is 0 Å². The van der Waals surface area contributed by atoms with E-state index in [1.807, 2.05) is 0 Å². The molecule has 4 aromatic carbocycles. The van der Waals surface area contributed by atoms with Crippen molar-refractivity contribution in [2.24, 2.45) is 4.99 Å². The third-order valence-corrected chi connectivity index (χ3v) is 10.9. The van der Waals surface area contributed by atoms with E-state index < -0.39 is 15.7 Å². The van der Waals surface area contributed by atoms with Crippen LogP contribution >= 0.6 is 0 Å². The minimum atomic E-state index is -0.921. The normalized spacial score (nSPS) is 12.4. The van der Waals surface area contributed by atoms with Gasteiger partial charge in [0.25, 0.3) is 0 Å². The molecule has 0 N–H and O–H groups in total. The van der Waals surface area contributed by atoms with Crippen LogP contribution in [0, 0.1) is 10.7 Å². The fraction of sp³-hybridized carbons (Fsp3) is 0.341. The van der Waals surface area contributed by atoms with Crippen molar-refractivity contribution in [1.82, 2.24) is 0 Å². The summed E-state index contributed by atoms with van der Waals surface area (Å²) < 4.78 is 6.30. The zero-order chi connectivity index (χ0) is 34.1. The molecule has 242 valence electrons. The van der Waals surface area contributed by atoms with Crippen molar-refractivity contribution in [3.05, 3.63) is 142 Å². The van der Waals surface area contributed by atoms with E-state index in [0.29, 0.717) is 23.7 Å². The molecule has 0 saturated carbocycles. The second kappa shape index (κ2) is 16.8. The van der Waals surface area contributed by atoms with E-state index in [1.165, 1.54) is 44.8 Å². The molecule has 0 amide bonds. The summed E-state index contributed by atoms with van der Waals surface area (Å²) in [6, 6.07) is 34.8. The molecule has 47 heavy (non-hydrogen) atoms. The van der Waals surface area contributed by atoms with Gasteiger partial charge in [-0.25, -0.2) is 0 Å². The Balaban J connectivity index is 2.03. The number of hydrogen-bond donors (Lipinski definition) is 0. The van der Waals surface area contributed by atoms with Gasteiger partial charge in [-0.1, -0.05) is 0 Å². The van der Waals surface area contributed by atoms with Gasteiger partial charge >= 0.3 is 293 Å². The Bertz CT molecular complexity index is 1700. The molecule has 0 fully saturated rings. The SMILES string of the molecule is CC(=Nc1c(C(C)C)cccc1C(C)C)/C(Cc1ccccc1)=C(/C)[N]([Ge][C]#Cc1ccccc1)c1c(C(C)C)cccc1C(C)C. The Morgan fingerprint density at radius 3 is 1.57 bits per heavy atom. The third-order valence-electron chi connectivity index (χ3n) is 8.77. The summed E-state index contributed by atoms with van der Waals surface area (Å²) in [6.07, 6.45) is 0.804. The van der Waals surface area contributed by atoms with Crippen LogP contribution in [0.15, 0.2) is 113 Å². The Labute approximate surface area is 292 Å². The van der Waals surface area contributed by atoms with Crippen molar-refractivity contribution in [2.75, 3.05) is 3.86 Å². The van der Waals surface area contributed by atoms with Crippen LogP contribution in [0.25, 0.3) is 0 Å². The number of nitrogens with zero attached hydrogens (tertiary/aromatic N) is 2. The van der Waals surface area contributed by atoms with Gasteiger partial charge in [-0.05, 0) is 0 Å². The minimum absolute atomic E-state index is 0.380. The van der Waals surface area contributed by atoms with E-state index in [2.05, 4.69) is 181 Å². The van der Waals surface area contributed by atoms with Crippen LogP contribution in [0.4, 0.5) is 11.4 Å². The Morgan fingerprint density at radius 2 is 1.09 bits per heavy atom. The van der Waals surface area contributed by atoms with E-state index in [0.717, 1.165) is 23.4 Å². The molecular formula is C44H52GeN2. The van der Waals surface area contributed by atoms with Gasteiger partial charge in [0.1, 0.15) is 0 Å². The Hall–Kier alpha value is -3.81. The molecule has 4 aromatic rings. The average Bonchev–Trinajstić information content (AvgIpc) is 3.05. The predicted octanol–water partition coefficient (Wildman–Crippen LogP) is 11.9. The molecule has 2 nitrogen and oxygen atoms in total.